The van der Waals surface area contributed by atoms with Gasteiger partial charge in [0, 0.05) is 0 Å². The van der Waals surface area contributed by atoms with E-state index in [4.69, 9.17) is 9.47 Å². The van der Waals surface area contributed by atoms with E-state index in [0.717, 1.165) is 0 Å². The van der Waals surface area contributed by atoms with Gasteiger partial charge in [0.1, 0.15) is 17.8 Å². The fraction of sp³-hybridized carbons (Fsp3) is 0.857. The van der Waals surface area contributed by atoms with Crippen molar-refractivity contribution in [2.45, 2.75) is 31.5 Å². The van der Waals surface area contributed by atoms with Crippen LogP contribution in [0.4, 0.5) is 0 Å². The van der Waals surface area contributed by atoms with E-state index in [2.05, 4.69) is 0 Å². The Bertz CT molecular complexity index is 201. The lowest BCUT2D eigenvalue weighted by Gasteiger charge is -2.17. The van der Waals surface area contributed by atoms with E-state index in [0.29, 0.717) is 13.0 Å². The molecule has 2 aliphatic rings. The Labute approximate surface area is 59.3 Å². The van der Waals surface area contributed by atoms with Crippen LogP contribution < -0.4 is 0 Å². The SMILES string of the molecule is CC12COC(=O)CC1(C)O2. The monoisotopic (exact) mass is 142 g/mol. The molecule has 3 heteroatoms. The molecule has 0 spiro atoms. The maximum atomic E-state index is 10.7. The minimum absolute atomic E-state index is 0.141. The largest absolute Gasteiger partial charge is 0.462 e. The number of epoxide rings is 1. The highest BCUT2D eigenvalue weighted by molar-refractivity contribution is 5.73. The molecule has 2 rings (SSSR count). The van der Waals surface area contributed by atoms with Gasteiger partial charge in [-0.3, -0.25) is 4.79 Å². The molecule has 10 heavy (non-hydrogen) atoms. The first-order valence-electron chi connectivity index (χ1n) is 3.42. The molecule has 2 atom stereocenters. The molecule has 0 bridgehead atoms. The molecule has 2 aliphatic heterocycles. The average molecular weight is 142 g/mol. The Morgan fingerprint density at radius 2 is 2.10 bits per heavy atom. The van der Waals surface area contributed by atoms with Crippen LogP contribution in [0.2, 0.25) is 0 Å². The standard InChI is InChI=1S/C7H10O3/c1-6-3-5(8)9-4-7(6,2)10-6/h3-4H2,1-2H3. The third-order valence-electron chi connectivity index (χ3n) is 2.52. The van der Waals surface area contributed by atoms with Gasteiger partial charge in [0.05, 0.1) is 6.42 Å². The van der Waals surface area contributed by atoms with Crippen LogP contribution in [-0.2, 0) is 14.3 Å². The Morgan fingerprint density at radius 1 is 1.40 bits per heavy atom. The van der Waals surface area contributed by atoms with Crippen LogP contribution in [0, 0.1) is 0 Å². The van der Waals surface area contributed by atoms with Gasteiger partial charge in [-0.2, -0.15) is 0 Å². The molecule has 2 saturated heterocycles. The first-order valence-corrected chi connectivity index (χ1v) is 3.42. The number of esters is 1. The van der Waals surface area contributed by atoms with Gasteiger partial charge < -0.3 is 9.47 Å². The molecule has 0 aromatic carbocycles. The van der Waals surface area contributed by atoms with Gasteiger partial charge >= 0.3 is 5.97 Å². The number of cyclic esters (lactones) is 1. The summed E-state index contributed by atoms with van der Waals surface area (Å²) in [5, 5.41) is 0. The van der Waals surface area contributed by atoms with Crippen LogP contribution in [-0.4, -0.2) is 23.8 Å². The molecule has 56 valence electrons. The number of hydrogen-bond donors (Lipinski definition) is 0. The van der Waals surface area contributed by atoms with Gasteiger partial charge in [-0.05, 0) is 13.8 Å². The van der Waals surface area contributed by atoms with Gasteiger partial charge in [-0.25, -0.2) is 0 Å². The molecular weight excluding hydrogens is 132 g/mol. The molecule has 2 heterocycles. The molecule has 0 amide bonds. The lowest BCUT2D eigenvalue weighted by molar-refractivity contribution is -0.147. The summed E-state index contributed by atoms with van der Waals surface area (Å²) in [4.78, 5) is 10.7. The molecule has 0 aliphatic carbocycles. The van der Waals surface area contributed by atoms with Crippen LogP contribution in [0.25, 0.3) is 0 Å². The van der Waals surface area contributed by atoms with Crippen molar-refractivity contribution in [2.75, 3.05) is 6.61 Å². The van der Waals surface area contributed by atoms with Gasteiger partial charge in [0.25, 0.3) is 0 Å². The fourth-order valence-electron chi connectivity index (χ4n) is 1.42. The minimum Gasteiger partial charge on any atom is -0.462 e. The van der Waals surface area contributed by atoms with Crippen LogP contribution in [0.5, 0.6) is 0 Å². The fourth-order valence-corrected chi connectivity index (χ4v) is 1.42. The van der Waals surface area contributed by atoms with Crippen LogP contribution in [0.15, 0.2) is 0 Å². The maximum Gasteiger partial charge on any atom is 0.308 e. The third kappa shape index (κ3) is 0.560. The second-order valence-electron chi connectivity index (χ2n) is 3.40. The van der Waals surface area contributed by atoms with Gasteiger partial charge in [-0.1, -0.05) is 0 Å². The van der Waals surface area contributed by atoms with Gasteiger partial charge in [-0.15, -0.1) is 0 Å². The molecule has 0 N–H and O–H groups in total. The predicted octanol–water partition coefficient (Wildman–Crippen LogP) is 0.481. The van der Waals surface area contributed by atoms with Crippen LogP contribution in [0.3, 0.4) is 0 Å². The molecule has 2 fully saturated rings. The molecule has 0 saturated carbocycles. The Balaban J connectivity index is 2.19. The smallest absolute Gasteiger partial charge is 0.308 e. The van der Waals surface area contributed by atoms with Gasteiger partial charge in [0.15, 0.2) is 0 Å². The van der Waals surface area contributed by atoms with Gasteiger partial charge in [0.2, 0.25) is 0 Å². The number of ether oxygens (including phenoxy) is 2. The summed E-state index contributed by atoms with van der Waals surface area (Å²) in [6.07, 6.45) is 0.406. The minimum atomic E-state index is -0.220. The van der Waals surface area contributed by atoms with Crippen molar-refractivity contribution >= 4 is 5.97 Å². The van der Waals surface area contributed by atoms with Crippen molar-refractivity contribution in [1.29, 1.82) is 0 Å². The maximum absolute atomic E-state index is 10.7. The average Bonchev–Trinajstić information content (AvgIpc) is 2.33. The molecule has 0 aromatic heterocycles. The van der Waals surface area contributed by atoms with E-state index in [9.17, 15) is 4.79 Å². The summed E-state index contributed by atoms with van der Waals surface area (Å²) in [6, 6.07) is 0. The van der Waals surface area contributed by atoms with E-state index in [1.54, 1.807) is 0 Å². The zero-order valence-corrected chi connectivity index (χ0v) is 6.14. The van der Waals surface area contributed by atoms with Crippen molar-refractivity contribution in [2.24, 2.45) is 0 Å². The van der Waals surface area contributed by atoms with E-state index < -0.39 is 0 Å². The highest BCUT2D eigenvalue weighted by Gasteiger charge is 2.67. The van der Waals surface area contributed by atoms with Crippen LogP contribution >= 0.6 is 0 Å². The second-order valence-corrected chi connectivity index (χ2v) is 3.40. The number of carbonyl (C=O) groups is 1. The van der Waals surface area contributed by atoms with E-state index >= 15 is 0 Å². The summed E-state index contributed by atoms with van der Waals surface area (Å²) in [6.45, 7) is 4.34. The quantitative estimate of drug-likeness (QED) is 0.365. The number of rotatable bonds is 0. The summed E-state index contributed by atoms with van der Waals surface area (Å²) in [5.74, 6) is -0.141. The van der Waals surface area contributed by atoms with E-state index in [1.165, 1.54) is 0 Å². The Hall–Kier alpha value is -0.570. The first kappa shape index (κ1) is 6.16. The number of carbonyl (C=O) groups excluding carboxylic acids is 1. The topological polar surface area (TPSA) is 38.8 Å². The van der Waals surface area contributed by atoms with E-state index in [1.807, 2.05) is 13.8 Å². The summed E-state index contributed by atoms with van der Waals surface area (Å²) in [5.41, 5.74) is -0.400. The highest BCUT2D eigenvalue weighted by Crippen LogP contribution is 2.52. The lowest BCUT2D eigenvalue weighted by atomic mass is 9.92. The van der Waals surface area contributed by atoms with E-state index in [-0.39, 0.29) is 17.2 Å². The first-order chi connectivity index (χ1) is 4.56. The normalized spacial score (nSPS) is 51.6. The molecular formula is C7H10O3. The Kier molecular flexibility index (Phi) is 0.844. The zero-order chi connectivity index (χ0) is 7.41. The lowest BCUT2D eigenvalue weighted by Crippen LogP contribution is -2.35. The Morgan fingerprint density at radius 3 is 2.60 bits per heavy atom. The molecule has 2 unspecified atom stereocenters. The molecule has 0 radical (unpaired) electrons. The number of fused-ring (bicyclic) bond motifs is 1. The summed E-state index contributed by atoms with van der Waals surface area (Å²) in [7, 11) is 0. The van der Waals surface area contributed by atoms with Crippen molar-refractivity contribution in [1.82, 2.24) is 0 Å². The van der Waals surface area contributed by atoms with Crippen molar-refractivity contribution in [3.8, 4) is 0 Å². The molecule has 3 nitrogen and oxygen atoms in total. The van der Waals surface area contributed by atoms with Crippen molar-refractivity contribution in [3.05, 3.63) is 0 Å². The summed E-state index contributed by atoms with van der Waals surface area (Å²) < 4.78 is 10.2. The van der Waals surface area contributed by atoms with Crippen LogP contribution in [0.1, 0.15) is 20.3 Å². The predicted molar refractivity (Wildman–Crippen MR) is 33.5 cm³/mol. The molecule has 0 aromatic rings. The highest BCUT2D eigenvalue weighted by atomic mass is 16.7. The van der Waals surface area contributed by atoms with Crippen molar-refractivity contribution < 1.29 is 14.3 Å². The number of hydrogen-bond acceptors (Lipinski definition) is 3. The third-order valence-corrected chi connectivity index (χ3v) is 2.52. The second kappa shape index (κ2) is 1.37. The summed E-state index contributed by atoms with van der Waals surface area (Å²) >= 11 is 0. The van der Waals surface area contributed by atoms with Crippen molar-refractivity contribution in [3.63, 3.8) is 0 Å². The zero-order valence-electron chi connectivity index (χ0n) is 6.14.